The fourth-order valence-corrected chi connectivity index (χ4v) is 3.76. The molecular weight excluding hydrogens is 435 g/mol. The lowest BCUT2D eigenvalue weighted by atomic mass is 10.1. The molecule has 0 atom stereocenters. The molecule has 2 heterocycles. The average Bonchev–Trinajstić information content (AvgIpc) is 3.22. The van der Waals surface area contributed by atoms with Gasteiger partial charge in [-0.25, -0.2) is 14.2 Å². The highest BCUT2D eigenvalue weighted by Crippen LogP contribution is 2.16. The van der Waals surface area contributed by atoms with E-state index in [0.717, 1.165) is 5.01 Å². The molecular formula is C22H17FN4O4S. The third kappa shape index (κ3) is 4.54. The fourth-order valence-electron chi connectivity index (χ4n) is 2.90. The Balaban J connectivity index is 1.45. The summed E-state index contributed by atoms with van der Waals surface area (Å²) in [6.45, 7) is 1.73. The molecule has 0 fully saturated rings. The van der Waals surface area contributed by atoms with Gasteiger partial charge in [-0.3, -0.25) is 9.59 Å². The number of esters is 1. The summed E-state index contributed by atoms with van der Waals surface area (Å²) >= 11 is 1.30. The number of halogens is 1. The predicted molar refractivity (Wildman–Crippen MR) is 116 cm³/mol. The lowest BCUT2D eigenvalue weighted by Crippen LogP contribution is -2.17. The molecule has 0 aliphatic heterocycles. The third-order valence-electron chi connectivity index (χ3n) is 4.47. The molecule has 0 aliphatic rings. The van der Waals surface area contributed by atoms with Crippen LogP contribution in [0.3, 0.4) is 0 Å². The number of fused-ring (bicyclic) bond motifs is 1. The topological polar surface area (TPSA) is 103 Å². The lowest BCUT2D eigenvalue weighted by molar-refractivity contribution is 0.0467. The van der Waals surface area contributed by atoms with Crippen LogP contribution in [0.2, 0.25) is 0 Å². The largest absolute Gasteiger partial charge is 0.456 e. The summed E-state index contributed by atoms with van der Waals surface area (Å²) in [5.74, 6) is -1.94. The maximum absolute atomic E-state index is 13.8. The highest BCUT2D eigenvalue weighted by Gasteiger charge is 2.14. The number of hydrogen-bond donors (Lipinski definition) is 1. The molecule has 0 aliphatic carbocycles. The quantitative estimate of drug-likeness (QED) is 0.450. The smallest absolute Gasteiger partial charge is 0.338 e. The van der Waals surface area contributed by atoms with Crippen LogP contribution in [0.15, 0.2) is 59.4 Å². The van der Waals surface area contributed by atoms with Gasteiger partial charge in [0.2, 0.25) is 4.96 Å². The summed E-state index contributed by atoms with van der Waals surface area (Å²) in [4.78, 5) is 41.7. The zero-order valence-electron chi connectivity index (χ0n) is 16.9. The summed E-state index contributed by atoms with van der Waals surface area (Å²) in [5.41, 5.74) is 0.332. The highest BCUT2D eigenvalue weighted by atomic mass is 32.1. The average molecular weight is 452 g/mol. The van der Waals surface area contributed by atoms with Crippen molar-refractivity contribution in [3.63, 3.8) is 0 Å². The first-order chi connectivity index (χ1) is 15.4. The van der Waals surface area contributed by atoms with Crippen molar-refractivity contribution in [2.45, 2.75) is 20.0 Å². The van der Waals surface area contributed by atoms with E-state index in [9.17, 15) is 18.8 Å². The minimum Gasteiger partial charge on any atom is -0.456 e. The Labute approximate surface area is 185 Å². The Bertz CT molecular complexity index is 1380. The minimum absolute atomic E-state index is 0.109. The van der Waals surface area contributed by atoms with E-state index in [2.05, 4.69) is 15.4 Å². The zero-order chi connectivity index (χ0) is 22.7. The van der Waals surface area contributed by atoms with Gasteiger partial charge in [-0.15, -0.1) is 0 Å². The molecule has 0 unspecified atom stereocenters. The van der Waals surface area contributed by atoms with Gasteiger partial charge in [0, 0.05) is 11.8 Å². The maximum atomic E-state index is 13.8. The highest BCUT2D eigenvalue weighted by molar-refractivity contribution is 7.16. The molecule has 0 saturated carbocycles. The first-order valence-corrected chi connectivity index (χ1v) is 10.5. The van der Waals surface area contributed by atoms with Crippen molar-refractivity contribution in [1.82, 2.24) is 14.6 Å². The van der Waals surface area contributed by atoms with Crippen LogP contribution in [-0.2, 0) is 17.8 Å². The van der Waals surface area contributed by atoms with E-state index < -0.39 is 17.7 Å². The summed E-state index contributed by atoms with van der Waals surface area (Å²) in [7, 11) is 0. The fraction of sp³-hybridized carbons (Fsp3) is 0.136. The minimum atomic E-state index is -0.660. The van der Waals surface area contributed by atoms with Gasteiger partial charge >= 0.3 is 5.97 Å². The first-order valence-electron chi connectivity index (χ1n) is 9.66. The van der Waals surface area contributed by atoms with Gasteiger partial charge in [-0.1, -0.05) is 36.5 Å². The van der Waals surface area contributed by atoms with Gasteiger partial charge in [0.15, 0.2) is 0 Å². The summed E-state index contributed by atoms with van der Waals surface area (Å²) in [5, 5.41) is 7.50. The van der Waals surface area contributed by atoms with Gasteiger partial charge in [0.25, 0.3) is 11.5 Å². The molecule has 0 spiro atoms. The Kier molecular flexibility index (Phi) is 6.04. The number of nitrogens with one attached hydrogen (secondary N) is 1. The molecule has 2 aromatic carbocycles. The van der Waals surface area contributed by atoms with Gasteiger partial charge in [0.05, 0.1) is 16.8 Å². The van der Waals surface area contributed by atoms with Crippen molar-refractivity contribution in [1.29, 1.82) is 0 Å². The monoisotopic (exact) mass is 452 g/mol. The van der Waals surface area contributed by atoms with E-state index in [1.165, 1.54) is 52.3 Å². The van der Waals surface area contributed by atoms with E-state index >= 15 is 0 Å². The Hall–Kier alpha value is -3.92. The number of rotatable bonds is 6. The Morgan fingerprint density at radius 3 is 2.75 bits per heavy atom. The molecule has 32 heavy (non-hydrogen) atoms. The predicted octanol–water partition coefficient (Wildman–Crippen LogP) is 3.46. The number of carbonyl (C=O) groups excluding carboxylic acids is 2. The number of ether oxygens (including phenoxy) is 1. The summed E-state index contributed by atoms with van der Waals surface area (Å²) in [6.07, 6.45) is 0.682. The van der Waals surface area contributed by atoms with Gasteiger partial charge in [-0.2, -0.15) is 9.61 Å². The molecule has 1 N–H and O–H groups in total. The SMILES string of the molecule is CCc1nn2c(=O)cc(COC(=O)c3cccc(NC(=O)c4ccccc4F)c3)nc2s1. The van der Waals surface area contributed by atoms with Crippen molar-refractivity contribution in [3.05, 3.63) is 92.6 Å². The Morgan fingerprint density at radius 2 is 1.97 bits per heavy atom. The second-order valence-electron chi connectivity index (χ2n) is 6.72. The van der Waals surface area contributed by atoms with Crippen LogP contribution in [0.25, 0.3) is 4.96 Å². The molecule has 4 aromatic rings. The molecule has 0 saturated heterocycles. The van der Waals surface area contributed by atoms with Gasteiger partial charge in [-0.05, 0) is 36.8 Å². The van der Waals surface area contributed by atoms with Gasteiger partial charge < -0.3 is 10.1 Å². The van der Waals surface area contributed by atoms with Crippen LogP contribution in [0.1, 0.15) is 38.3 Å². The zero-order valence-corrected chi connectivity index (χ0v) is 17.7. The van der Waals surface area contributed by atoms with Crippen LogP contribution in [0.4, 0.5) is 10.1 Å². The maximum Gasteiger partial charge on any atom is 0.338 e. The van der Waals surface area contributed by atoms with Crippen LogP contribution < -0.4 is 10.9 Å². The van der Waals surface area contributed by atoms with E-state index in [0.29, 0.717) is 22.8 Å². The standard InChI is InChI=1S/C22H17FN4O4S/c1-2-18-26-27-19(28)11-15(25-22(27)32-18)12-31-21(30)13-6-5-7-14(10-13)24-20(29)16-8-3-4-9-17(16)23/h3-11H,2,12H2,1H3,(H,24,29). The number of hydrogen-bond acceptors (Lipinski definition) is 7. The number of carbonyl (C=O) groups is 2. The second kappa shape index (κ2) is 9.06. The van der Waals surface area contributed by atoms with E-state index in [1.54, 1.807) is 18.2 Å². The summed E-state index contributed by atoms with van der Waals surface area (Å²) in [6, 6.07) is 12.9. The van der Waals surface area contributed by atoms with Crippen molar-refractivity contribution in [3.8, 4) is 0 Å². The van der Waals surface area contributed by atoms with Crippen molar-refractivity contribution in [2.24, 2.45) is 0 Å². The van der Waals surface area contributed by atoms with E-state index in [1.807, 2.05) is 6.92 Å². The number of aromatic nitrogens is 3. The van der Waals surface area contributed by atoms with Crippen molar-refractivity contribution < 1.29 is 18.7 Å². The molecule has 162 valence electrons. The molecule has 1 amide bonds. The lowest BCUT2D eigenvalue weighted by Gasteiger charge is -2.08. The Morgan fingerprint density at radius 1 is 1.16 bits per heavy atom. The number of anilines is 1. The molecule has 4 rings (SSSR count). The number of aryl methyl sites for hydroxylation is 1. The third-order valence-corrected chi connectivity index (χ3v) is 5.52. The van der Waals surface area contributed by atoms with Crippen LogP contribution in [0.5, 0.6) is 0 Å². The summed E-state index contributed by atoms with van der Waals surface area (Å²) < 4.78 is 20.3. The number of amides is 1. The second-order valence-corrected chi connectivity index (χ2v) is 7.76. The van der Waals surface area contributed by atoms with E-state index in [4.69, 9.17) is 4.74 Å². The molecule has 8 nitrogen and oxygen atoms in total. The van der Waals surface area contributed by atoms with Crippen LogP contribution >= 0.6 is 11.3 Å². The van der Waals surface area contributed by atoms with Crippen LogP contribution in [-0.4, -0.2) is 26.5 Å². The van der Waals surface area contributed by atoms with Gasteiger partial charge in [0.1, 0.15) is 17.4 Å². The number of nitrogens with zero attached hydrogens (tertiary/aromatic N) is 3. The number of benzene rings is 2. The van der Waals surface area contributed by atoms with E-state index in [-0.39, 0.29) is 23.3 Å². The molecule has 10 heteroatoms. The molecule has 0 radical (unpaired) electrons. The molecule has 2 aromatic heterocycles. The molecule has 0 bridgehead atoms. The first kappa shape index (κ1) is 21.3. The normalized spacial score (nSPS) is 10.8. The van der Waals surface area contributed by atoms with Crippen LogP contribution in [0, 0.1) is 5.82 Å². The van der Waals surface area contributed by atoms with Crippen molar-refractivity contribution >= 4 is 33.9 Å². The van der Waals surface area contributed by atoms with Crippen molar-refractivity contribution in [2.75, 3.05) is 5.32 Å².